The molecule has 0 amide bonds. The molecule has 1 aliphatic rings. The quantitative estimate of drug-likeness (QED) is 0.878. The van der Waals surface area contributed by atoms with Crippen LogP contribution in [0.25, 0.3) is 0 Å². The minimum Gasteiger partial charge on any atom is -0.303 e. The Morgan fingerprint density at radius 1 is 1.44 bits per heavy atom. The van der Waals surface area contributed by atoms with Crippen molar-refractivity contribution < 1.29 is 13.2 Å². The van der Waals surface area contributed by atoms with Crippen LogP contribution in [0.3, 0.4) is 0 Å². The summed E-state index contributed by atoms with van der Waals surface area (Å²) in [6.45, 7) is 3.81. The van der Waals surface area contributed by atoms with E-state index in [9.17, 15) is 18.0 Å². The van der Waals surface area contributed by atoms with E-state index < -0.39 is 17.6 Å². The number of H-pyrrole nitrogens is 1. The van der Waals surface area contributed by atoms with Crippen molar-refractivity contribution in [3.05, 3.63) is 27.4 Å². The summed E-state index contributed by atoms with van der Waals surface area (Å²) in [5.41, 5.74) is -0.0235. The maximum absolute atomic E-state index is 12.5. The molecule has 0 atom stereocenters. The monoisotopic (exact) mass is 261 g/mol. The van der Waals surface area contributed by atoms with Crippen LogP contribution >= 0.6 is 0 Å². The Labute approximate surface area is 102 Å². The molecule has 1 N–H and O–H groups in total. The average Bonchev–Trinajstić information content (AvgIpc) is 2.27. The summed E-state index contributed by atoms with van der Waals surface area (Å²) in [5, 5.41) is 0. The number of nitrogens with one attached hydrogen (secondary N) is 1. The molecule has 0 aliphatic carbocycles. The summed E-state index contributed by atoms with van der Waals surface area (Å²) in [7, 11) is 0. The second-order valence-corrected chi connectivity index (χ2v) is 4.36. The van der Waals surface area contributed by atoms with E-state index in [-0.39, 0.29) is 5.69 Å². The minimum absolute atomic E-state index is 0.255. The third-order valence-electron chi connectivity index (χ3n) is 2.96. The molecule has 0 bridgehead atoms. The second-order valence-electron chi connectivity index (χ2n) is 4.36. The zero-order chi connectivity index (χ0) is 13.3. The summed E-state index contributed by atoms with van der Waals surface area (Å²) < 4.78 is 37.6. The maximum Gasteiger partial charge on any atom is 0.449 e. The van der Waals surface area contributed by atoms with Crippen molar-refractivity contribution >= 4 is 0 Å². The molecule has 0 saturated carbocycles. The maximum atomic E-state index is 12.5. The van der Waals surface area contributed by atoms with Crippen LogP contribution < -0.4 is 5.56 Å². The van der Waals surface area contributed by atoms with Gasteiger partial charge in [0.2, 0.25) is 5.82 Å². The molecule has 0 saturated heterocycles. The fourth-order valence-corrected chi connectivity index (χ4v) is 2.14. The number of hydrogen-bond donors (Lipinski definition) is 1. The number of rotatable bonds is 2. The molecule has 2 rings (SSSR count). The summed E-state index contributed by atoms with van der Waals surface area (Å²) in [6, 6.07) is 0. The van der Waals surface area contributed by atoms with E-state index in [1.54, 1.807) is 0 Å². The molecular weight excluding hydrogens is 247 g/mol. The van der Waals surface area contributed by atoms with Gasteiger partial charge in [0, 0.05) is 18.7 Å². The molecule has 4 nitrogen and oxygen atoms in total. The van der Waals surface area contributed by atoms with Gasteiger partial charge in [-0.05, 0) is 19.4 Å². The zero-order valence-electron chi connectivity index (χ0n) is 9.97. The molecule has 1 aliphatic heterocycles. The first-order valence-electron chi connectivity index (χ1n) is 5.83. The highest BCUT2D eigenvalue weighted by Crippen LogP contribution is 2.26. The molecule has 2 heterocycles. The average molecular weight is 261 g/mol. The van der Waals surface area contributed by atoms with Crippen molar-refractivity contribution in [2.45, 2.75) is 32.5 Å². The van der Waals surface area contributed by atoms with Crippen LogP contribution in [0, 0.1) is 0 Å². The van der Waals surface area contributed by atoms with Crippen molar-refractivity contribution in [3.63, 3.8) is 0 Å². The Balaban J connectivity index is 2.37. The van der Waals surface area contributed by atoms with Crippen molar-refractivity contribution in [1.29, 1.82) is 0 Å². The first-order chi connectivity index (χ1) is 8.41. The Kier molecular flexibility index (Phi) is 3.43. The number of hydrogen-bond acceptors (Lipinski definition) is 3. The number of alkyl halides is 3. The van der Waals surface area contributed by atoms with E-state index in [1.165, 1.54) is 0 Å². The number of fused-ring (bicyclic) bond motifs is 1. The molecule has 0 fully saturated rings. The topological polar surface area (TPSA) is 49.0 Å². The van der Waals surface area contributed by atoms with Gasteiger partial charge < -0.3 is 4.98 Å². The largest absolute Gasteiger partial charge is 0.449 e. The van der Waals surface area contributed by atoms with E-state index in [4.69, 9.17) is 0 Å². The summed E-state index contributed by atoms with van der Waals surface area (Å²) >= 11 is 0. The molecule has 0 aromatic carbocycles. The van der Waals surface area contributed by atoms with Gasteiger partial charge in [-0.25, -0.2) is 4.98 Å². The number of aromatic nitrogens is 2. The van der Waals surface area contributed by atoms with Gasteiger partial charge in [-0.15, -0.1) is 0 Å². The predicted octanol–water partition coefficient (Wildman–Crippen LogP) is 1.56. The predicted molar refractivity (Wildman–Crippen MR) is 59.1 cm³/mol. The lowest BCUT2D eigenvalue weighted by atomic mass is 10.1. The molecule has 0 radical (unpaired) electrons. The lowest BCUT2D eigenvalue weighted by Crippen LogP contribution is -2.37. The number of aromatic amines is 1. The smallest absolute Gasteiger partial charge is 0.303 e. The van der Waals surface area contributed by atoms with Crippen molar-refractivity contribution in [1.82, 2.24) is 14.9 Å². The SMILES string of the molecule is CCCN1CCc2c(nc(C(F)(F)F)[nH]c2=O)C1. The summed E-state index contributed by atoms with van der Waals surface area (Å²) in [5.74, 6) is -1.20. The normalized spacial score (nSPS) is 16.7. The Bertz CT molecular complexity index is 495. The van der Waals surface area contributed by atoms with E-state index in [0.717, 1.165) is 13.0 Å². The molecule has 0 spiro atoms. The fraction of sp³-hybridized carbons (Fsp3) is 0.636. The van der Waals surface area contributed by atoms with Crippen LogP contribution in [0.5, 0.6) is 0 Å². The molecular formula is C11H14F3N3O. The lowest BCUT2D eigenvalue weighted by molar-refractivity contribution is -0.145. The lowest BCUT2D eigenvalue weighted by Gasteiger charge is -2.27. The van der Waals surface area contributed by atoms with Crippen LogP contribution in [-0.4, -0.2) is 28.0 Å². The second kappa shape index (κ2) is 4.72. The van der Waals surface area contributed by atoms with Gasteiger partial charge in [-0.1, -0.05) is 6.92 Å². The van der Waals surface area contributed by atoms with Gasteiger partial charge in [-0.3, -0.25) is 9.69 Å². The van der Waals surface area contributed by atoms with Crippen LogP contribution in [0.4, 0.5) is 13.2 Å². The summed E-state index contributed by atoms with van der Waals surface area (Å²) in [6.07, 6.45) is -3.23. The number of nitrogens with zero attached hydrogens (tertiary/aromatic N) is 2. The highest BCUT2D eigenvalue weighted by molar-refractivity contribution is 5.21. The number of halogens is 3. The zero-order valence-corrected chi connectivity index (χ0v) is 9.97. The molecule has 18 heavy (non-hydrogen) atoms. The highest BCUT2D eigenvalue weighted by Gasteiger charge is 2.35. The van der Waals surface area contributed by atoms with Crippen LogP contribution in [0.2, 0.25) is 0 Å². The summed E-state index contributed by atoms with van der Waals surface area (Å²) in [4.78, 5) is 19.0. The Hall–Kier alpha value is -1.37. The van der Waals surface area contributed by atoms with Gasteiger partial charge in [0.15, 0.2) is 0 Å². The molecule has 1 aromatic heterocycles. The Morgan fingerprint density at radius 2 is 2.17 bits per heavy atom. The third-order valence-corrected chi connectivity index (χ3v) is 2.96. The molecule has 100 valence electrons. The Morgan fingerprint density at radius 3 is 2.78 bits per heavy atom. The molecule has 1 aromatic rings. The van der Waals surface area contributed by atoms with E-state index in [0.29, 0.717) is 25.1 Å². The van der Waals surface area contributed by atoms with Gasteiger partial charge in [0.25, 0.3) is 5.56 Å². The van der Waals surface area contributed by atoms with Crippen LogP contribution in [0.1, 0.15) is 30.4 Å². The van der Waals surface area contributed by atoms with Gasteiger partial charge in [0.1, 0.15) is 0 Å². The molecule has 7 heteroatoms. The first-order valence-corrected chi connectivity index (χ1v) is 5.83. The van der Waals surface area contributed by atoms with Crippen molar-refractivity contribution in [2.24, 2.45) is 0 Å². The van der Waals surface area contributed by atoms with Gasteiger partial charge in [0.05, 0.1) is 5.69 Å². The fourth-order valence-electron chi connectivity index (χ4n) is 2.14. The van der Waals surface area contributed by atoms with Crippen LogP contribution in [0.15, 0.2) is 4.79 Å². The van der Waals surface area contributed by atoms with Crippen molar-refractivity contribution in [2.75, 3.05) is 13.1 Å². The standard InChI is InChI=1S/C11H14F3N3O/c1-2-4-17-5-3-7-8(6-17)15-10(11(12,13)14)16-9(7)18/h2-6H2,1H3,(H,15,16,18). The van der Waals surface area contributed by atoms with Gasteiger partial charge in [-0.2, -0.15) is 13.2 Å². The minimum atomic E-state index is -4.61. The van der Waals surface area contributed by atoms with Crippen LogP contribution in [-0.2, 0) is 19.1 Å². The van der Waals surface area contributed by atoms with Crippen molar-refractivity contribution in [3.8, 4) is 0 Å². The first kappa shape index (κ1) is 13.1. The van der Waals surface area contributed by atoms with E-state index >= 15 is 0 Å². The molecule has 0 unspecified atom stereocenters. The van der Waals surface area contributed by atoms with E-state index in [2.05, 4.69) is 4.98 Å². The van der Waals surface area contributed by atoms with Gasteiger partial charge >= 0.3 is 6.18 Å². The third kappa shape index (κ3) is 2.55. The highest BCUT2D eigenvalue weighted by atomic mass is 19.4. The van der Waals surface area contributed by atoms with E-state index in [1.807, 2.05) is 16.8 Å².